The van der Waals surface area contributed by atoms with Gasteiger partial charge in [-0.1, -0.05) is 36.4 Å². The Kier molecular flexibility index (Phi) is 5.15. The Morgan fingerprint density at radius 2 is 1.54 bits per heavy atom. The van der Waals surface area contributed by atoms with E-state index in [-0.39, 0.29) is 17.4 Å². The number of carbonyl (C=O) groups excluding carboxylic acids is 1. The molecule has 26 heavy (non-hydrogen) atoms. The SMILES string of the molecule is CN(NC(c1ccccc1O)c1ccccc1O)C(=O)c1cccnc1. The Labute approximate surface area is 151 Å². The minimum atomic E-state index is -0.622. The number of carbonyl (C=O) groups is 1. The molecule has 3 aromatic rings. The van der Waals surface area contributed by atoms with Gasteiger partial charge in [0, 0.05) is 30.6 Å². The average molecular weight is 349 g/mol. The number of pyridine rings is 1. The molecule has 132 valence electrons. The molecule has 0 saturated heterocycles. The van der Waals surface area contributed by atoms with Crippen LogP contribution in [0.25, 0.3) is 0 Å². The third-order valence-corrected chi connectivity index (χ3v) is 4.03. The summed E-state index contributed by atoms with van der Waals surface area (Å²) in [5.41, 5.74) is 4.58. The van der Waals surface area contributed by atoms with Gasteiger partial charge in [0.05, 0.1) is 11.6 Å². The first-order valence-corrected chi connectivity index (χ1v) is 8.08. The minimum Gasteiger partial charge on any atom is -0.508 e. The number of hydrazine groups is 1. The maximum absolute atomic E-state index is 12.6. The molecular formula is C20H19N3O3. The lowest BCUT2D eigenvalue weighted by Crippen LogP contribution is -2.42. The number of phenolic OH excluding ortho intramolecular Hbond substituents is 2. The van der Waals surface area contributed by atoms with E-state index in [0.717, 1.165) is 0 Å². The largest absolute Gasteiger partial charge is 0.508 e. The van der Waals surface area contributed by atoms with Gasteiger partial charge in [0.2, 0.25) is 0 Å². The fraction of sp³-hybridized carbons (Fsp3) is 0.100. The molecule has 0 radical (unpaired) electrons. The molecule has 0 aliphatic carbocycles. The lowest BCUT2D eigenvalue weighted by Gasteiger charge is -2.27. The van der Waals surface area contributed by atoms with Gasteiger partial charge in [-0.25, -0.2) is 5.43 Å². The molecule has 0 spiro atoms. The van der Waals surface area contributed by atoms with Crippen molar-refractivity contribution in [2.75, 3.05) is 7.05 Å². The van der Waals surface area contributed by atoms with Gasteiger partial charge in [-0.2, -0.15) is 0 Å². The molecule has 3 N–H and O–H groups in total. The third-order valence-electron chi connectivity index (χ3n) is 4.03. The van der Waals surface area contributed by atoms with E-state index < -0.39 is 6.04 Å². The van der Waals surface area contributed by atoms with Crippen LogP contribution in [0.2, 0.25) is 0 Å². The number of phenols is 2. The summed E-state index contributed by atoms with van der Waals surface area (Å²) in [6.07, 6.45) is 3.08. The normalized spacial score (nSPS) is 10.7. The maximum Gasteiger partial charge on any atom is 0.269 e. The Bertz CT molecular complexity index is 854. The molecule has 0 saturated carbocycles. The summed E-state index contributed by atoms with van der Waals surface area (Å²) >= 11 is 0. The minimum absolute atomic E-state index is 0.0653. The standard InChI is InChI=1S/C20H19N3O3/c1-23(20(26)14-7-6-12-21-13-14)22-19(15-8-2-4-10-17(15)24)16-9-3-5-11-18(16)25/h2-13,19,22,24-25H,1H3. The van der Waals surface area contributed by atoms with Crippen LogP contribution in [0.4, 0.5) is 0 Å². The summed E-state index contributed by atoms with van der Waals surface area (Å²) in [5.74, 6) is -0.153. The average Bonchev–Trinajstić information content (AvgIpc) is 2.67. The number of nitrogens with zero attached hydrogens (tertiary/aromatic N) is 2. The van der Waals surface area contributed by atoms with Gasteiger partial charge in [-0.05, 0) is 24.3 Å². The number of nitrogens with one attached hydrogen (secondary N) is 1. The van der Waals surface area contributed by atoms with Gasteiger partial charge in [0.1, 0.15) is 11.5 Å². The van der Waals surface area contributed by atoms with E-state index in [0.29, 0.717) is 16.7 Å². The summed E-state index contributed by atoms with van der Waals surface area (Å²) in [7, 11) is 1.59. The fourth-order valence-corrected chi connectivity index (χ4v) is 2.71. The second-order valence-electron chi connectivity index (χ2n) is 5.79. The number of para-hydroxylation sites is 2. The molecule has 0 aliphatic heterocycles. The van der Waals surface area contributed by atoms with Crippen LogP contribution in [0.3, 0.4) is 0 Å². The van der Waals surface area contributed by atoms with Crippen LogP contribution >= 0.6 is 0 Å². The van der Waals surface area contributed by atoms with Crippen molar-refractivity contribution in [1.82, 2.24) is 15.4 Å². The highest BCUT2D eigenvalue weighted by Gasteiger charge is 2.23. The van der Waals surface area contributed by atoms with Crippen molar-refractivity contribution in [2.24, 2.45) is 0 Å². The van der Waals surface area contributed by atoms with Crippen LogP contribution in [0.5, 0.6) is 11.5 Å². The summed E-state index contributed by atoms with van der Waals surface area (Å²) in [6, 6.07) is 16.3. The molecule has 2 aromatic carbocycles. The fourth-order valence-electron chi connectivity index (χ4n) is 2.71. The van der Waals surface area contributed by atoms with Crippen molar-refractivity contribution >= 4 is 5.91 Å². The highest BCUT2D eigenvalue weighted by molar-refractivity contribution is 5.93. The van der Waals surface area contributed by atoms with Crippen molar-refractivity contribution in [1.29, 1.82) is 0 Å². The van der Waals surface area contributed by atoms with Crippen molar-refractivity contribution in [2.45, 2.75) is 6.04 Å². The lowest BCUT2D eigenvalue weighted by molar-refractivity contribution is 0.0693. The number of rotatable bonds is 5. The molecule has 3 rings (SSSR count). The number of amides is 1. The van der Waals surface area contributed by atoms with Crippen LogP contribution < -0.4 is 5.43 Å². The van der Waals surface area contributed by atoms with E-state index in [1.54, 1.807) is 73.9 Å². The monoisotopic (exact) mass is 349 g/mol. The number of hydrogen-bond donors (Lipinski definition) is 3. The molecule has 0 bridgehead atoms. The summed E-state index contributed by atoms with van der Waals surface area (Å²) in [5, 5.41) is 21.9. The first-order chi connectivity index (χ1) is 12.6. The zero-order chi connectivity index (χ0) is 18.5. The molecule has 0 fully saturated rings. The van der Waals surface area contributed by atoms with Crippen LogP contribution in [-0.2, 0) is 0 Å². The van der Waals surface area contributed by atoms with E-state index in [2.05, 4.69) is 10.4 Å². The maximum atomic E-state index is 12.6. The number of aromatic hydroxyl groups is 2. The van der Waals surface area contributed by atoms with Crippen LogP contribution in [0.1, 0.15) is 27.5 Å². The van der Waals surface area contributed by atoms with E-state index >= 15 is 0 Å². The van der Waals surface area contributed by atoms with Crippen molar-refractivity contribution in [3.05, 3.63) is 89.7 Å². The van der Waals surface area contributed by atoms with Crippen LogP contribution in [0.15, 0.2) is 73.1 Å². The smallest absolute Gasteiger partial charge is 0.269 e. The van der Waals surface area contributed by atoms with Crippen LogP contribution in [0, 0.1) is 0 Å². The van der Waals surface area contributed by atoms with Crippen molar-refractivity contribution < 1.29 is 15.0 Å². The van der Waals surface area contributed by atoms with Crippen molar-refractivity contribution in [3.63, 3.8) is 0 Å². The van der Waals surface area contributed by atoms with Gasteiger partial charge in [0.25, 0.3) is 5.91 Å². The first-order valence-electron chi connectivity index (χ1n) is 8.08. The summed E-state index contributed by atoms with van der Waals surface area (Å²) in [6.45, 7) is 0. The predicted molar refractivity (Wildman–Crippen MR) is 97.5 cm³/mol. The Morgan fingerprint density at radius 3 is 2.04 bits per heavy atom. The van der Waals surface area contributed by atoms with E-state index in [4.69, 9.17) is 0 Å². The molecule has 0 aliphatic rings. The van der Waals surface area contributed by atoms with Gasteiger partial charge < -0.3 is 10.2 Å². The highest BCUT2D eigenvalue weighted by Crippen LogP contribution is 2.33. The van der Waals surface area contributed by atoms with Gasteiger partial charge in [0.15, 0.2) is 0 Å². The predicted octanol–water partition coefficient (Wildman–Crippen LogP) is 2.86. The van der Waals surface area contributed by atoms with Gasteiger partial charge in [-0.3, -0.25) is 14.8 Å². The topological polar surface area (TPSA) is 85.7 Å². The molecule has 6 heteroatoms. The lowest BCUT2D eigenvalue weighted by atomic mass is 9.97. The van der Waals surface area contributed by atoms with Gasteiger partial charge in [-0.15, -0.1) is 0 Å². The first kappa shape index (κ1) is 17.4. The zero-order valence-electron chi connectivity index (χ0n) is 14.2. The van der Waals surface area contributed by atoms with Gasteiger partial charge >= 0.3 is 0 Å². The Morgan fingerprint density at radius 1 is 0.962 bits per heavy atom. The molecule has 0 unspecified atom stereocenters. The van der Waals surface area contributed by atoms with E-state index in [1.807, 2.05) is 0 Å². The number of benzene rings is 2. The Hall–Kier alpha value is -3.38. The number of hydrogen-bond acceptors (Lipinski definition) is 5. The molecule has 1 aromatic heterocycles. The zero-order valence-corrected chi connectivity index (χ0v) is 14.2. The molecule has 0 atom stereocenters. The summed E-state index contributed by atoms with van der Waals surface area (Å²) < 4.78 is 0. The highest BCUT2D eigenvalue weighted by atomic mass is 16.3. The molecule has 1 heterocycles. The Balaban J connectivity index is 1.95. The second kappa shape index (κ2) is 7.67. The van der Waals surface area contributed by atoms with Crippen molar-refractivity contribution in [3.8, 4) is 11.5 Å². The molecule has 6 nitrogen and oxygen atoms in total. The van der Waals surface area contributed by atoms with E-state index in [1.165, 1.54) is 11.2 Å². The molecule has 1 amide bonds. The number of aromatic nitrogens is 1. The second-order valence-corrected chi connectivity index (χ2v) is 5.79. The van der Waals surface area contributed by atoms with E-state index in [9.17, 15) is 15.0 Å². The van der Waals surface area contributed by atoms with Crippen LogP contribution in [-0.4, -0.2) is 33.2 Å². The third kappa shape index (κ3) is 3.65. The summed E-state index contributed by atoms with van der Waals surface area (Å²) in [4.78, 5) is 16.6. The molecular weight excluding hydrogens is 330 g/mol. The quantitative estimate of drug-likeness (QED) is 0.617.